The number of benzene rings is 2. The van der Waals surface area contributed by atoms with Gasteiger partial charge in [-0.2, -0.15) is 0 Å². The third kappa shape index (κ3) is 5.19. The van der Waals surface area contributed by atoms with Crippen molar-refractivity contribution in [2.24, 2.45) is 0 Å². The number of rotatable bonds is 4. The maximum Gasteiger partial charge on any atom is 0.420 e. The number of amides is 1. The van der Waals surface area contributed by atoms with Gasteiger partial charge in [0.05, 0.1) is 5.69 Å². The molecule has 1 heterocycles. The highest BCUT2D eigenvalue weighted by molar-refractivity contribution is 6.01. The van der Waals surface area contributed by atoms with Gasteiger partial charge in [-0.15, -0.1) is 0 Å². The molecule has 0 N–H and O–H groups in total. The Bertz CT molecular complexity index is 1220. The molecule has 0 atom stereocenters. The molecule has 0 aliphatic carbocycles. The number of para-hydroxylation sites is 1. The molecule has 3 aromatic rings. The number of hydrogen-bond donors (Lipinski definition) is 0. The van der Waals surface area contributed by atoms with E-state index in [4.69, 9.17) is 4.74 Å². The molecule has 0 spiro atoms. The summed E-state index contributed by atoms with van der Waals surface area (Å²) in [5.74, 6) is -4.84. The van der Waals surface area contributed by atoms with Gasteiger partial charge in [-0.25, -0.2) is 32.2 Å². The quantitative estimate of drug-likeness (QED) is 0.326. The Kier molecular flexibility index (Phi) is 6.53. The predicted octanol–water partition coefficient (Wildman–Crippen LogP) is 6.58. The molecule has 9 heteroatoms. The van der Waals surface area contributed by atoms with Crippen LogP contribution in [-0.4, -0.2) is 22.5 Å². The first-order chi connectivity index (χ1) is 15.4. The van der Waals surface area contributed by atoms with Crippen molar-refractivity contribution in [3.8, 4) is 11.3 Å². The van der Waals surface area contributed by atoms with Gasteiger partial charge in [-0.05, 0) is 64.1 Å². The minimum absolute atomic E-state index is 0.0394. The van der Waals surface area contributed by atoms with Gasteiger partial charge in [-0.3, -0.25) is 4.79 Å². The van der Waals surface area contributed by atoms with Crippen molar-refractivity contribution >= 4 is 23.4 Å². The molecule has 0 fully saturated rings. The Balaban J connectivity index is 2.28. The van der Waals surface area contributed by atoms with Crippen molar-refractivity contribution in [3.63, 3.8) is 0 Å². The number of pyridine rings is 1. The van der Waals surface area contributed by atoms with Gasteiger partial charge in [0, 0.05) is 17.2 Å². The smallest absolute Gasteiger partial charge is 0.420 e. The summed E-state index contributed by atoms with van der Waals surface area (Å²) in [7, 11) is 0. The van der Waals surface area contributed by atoms with Gasteiger partial charge < -0.3 is 4.74 Å². The van der Waals surface area contributed by atoms with Crippen molar-refractivity contribution in [2.45, 2.75) is 33.3 Å². The topological polar surface area (TPSA) is 59.5 Å². The molecule has 0 saturated carbocycles. The number of carbonyl (C=O) groups is 2. The van der Waals surface area contributed by atoms with Crippen LogP contribution in [0.4, 0.5) is 33.9 Å². The van der Waals surface area contributed by atoms with E-state index in [0.29, 0.717) is 11.0 Å². The monoisotopic (exact) mass is 460 g/mol. The molecule has 0 bridgehead atoms. The number of anilines is 2. The lowest BCUT2D eigenvalue weighted by molar-refractivity contribution is 0.0596. The average Bonchev–Trinajstić information content (AvgIpc) is 2.69. The minimum atomic E-state index is -1.15. The second kappa shape index (κ2) is 9.01. The Morgan fingerprint density at radius 3 is 2.09 bits per heavy atom. The van der Waals surface area contributed by atoms with Crippen LogP contribution in [0.5, 0.6) is 0 Å². The molecule has 1 amide bonds. The van der Waals surface area contributed by atoms with E-state index >= 15 is 0 Å². The predicted molar refractivity (Wildman–Crippen MR) is 114 cm³/mol. The van der Waals surface area contributed by atoms with E-state index in [1.54, 1.807) is 20.8 Å². The van der Waals surface area contributed by atoms with Crippen molar-refractivity contribution in [2.75, 3.05) is 4.90 Å². The standard InChI is InChI=1S/C24H20F4N2O3/c1-13(31)15-10-11-20(29-21(15)16-9-8-14(25)12-19(16)28)30(23(32)33-24(2,3)4)22-17(26)6-5-7-18(22)27/h5-12H,1-4H3. The molecule has 0 unspecified atom stereocenters. The SMILES string of the molecule is CC(=O)c1ccc(N(C(=O)OC(C)(C)C)c2c(F)cccc2F)nc1-c1ccc(F)cc1F. The molecular weight excluding hydrogens is 440 g/mol. The van der Waals surface area contributed by atoms with Crippen LogP contribution in [-0.2, 0) is 4.74 Å². The van der Waals surface area contributed by atoms with E-state index in [9.17, 15) is 27.2 Å². The molecule has 0 radical (unpaired) electrons. The fraction of sp³-hybridized carbons (Fsp3) is 0.208. The number of aromatic nitrogens is 1. The maximum absolute atomic E-state index is 14.6. The molecule has 0 saturated heterocycles. The first kappa shape index (κ1) is 23.9. The zero-order chi connectivity index (χ0) is 24.5. The number of nitrogens with zero attached hydrogens (tertiary/aromatic N) is 2. The molecule has 0 aliphatic heterocycles. The van der Waals surface area contributed by atoms with E-state index < -0.39 is 46.4 Å². The van der Waals surface area contributed by atoms with E-state index in [1.165, 1.54) is 19.1 Å². The third-order valence-corrected chi connectivity index (χ3v) is 4.41. The highest BCUT2D eigenvalue weighted by Gasteiger charge is 2.31. The zero-order valence-electron chi connectivity index (χ0n) is 18.2. The summed E-state index contributed by atoms with van der Waals surface area (Å²) in [5.41, 5.74) is -2.30. The highest BCUT2D eigenvalue weighted by Crippen LogP contribution is 2.34. The van der Waals surface area contributed by atoms with Gasteiger partial charge in [0.15, 0.2) is 5.78 Å². The minimum Gasteiger partial charge on any atom is -0.443 e. The number of carbonyl (C=O) groups excluding carboxylic acids is 2. The number of hydrogen-bond acceptors (Lipinski definition) is 4. The van der Waals surface area contributed by atoms with Crippen LogP contribution in [0.1, 0.15) is 38.1 Å². The van der Waals surface area contributed by atoms with Crippen molar-refractivity contribution in [3.05, 3.63) is 77.4 Å². The molecule has 33 heavy (non-hydrogen) atoms. The van der Waals surface area contributed by atoms with Gasteiger partial charge in [0.2, 0.25) is 0 Å². The molecular formula is C24H20F4N2O3. The Morgan fingerprint density at radius 2 is 1.55 bits per heavy atom. The number of ketones is 1. The summed E-state index contributed by atoms with van der Waals surface area (Å²) in [5, 5.41) is 0. The lowest BCUT2D eigenvalue weighted by Crippen LogP contribution is -2.35. The average molecular weight is 460 g/mol. The molecule has 1 aromatic heterocycles. The second-order valence-corrected chi connectivity index (χ2v) is 8.13. The van der Waals surface area contributed by atoms with E-state index in [1.807, 2.05) is 0 Å². The van der Waals surface area contributed by atoms with Gasteiger partial charge in [-0.1, -0.05) is 6.07 Å². The third-order valence-electron chi connectivity index (χ3n) is 4.41. The van der Waals surface area contributed by atoms with Crippen LogP contribution in [0.2, 0.25) is 0 Å². The van der Waals surface area contributed by atoms with Crippen LogP contribution in [0.3, 0.4) is 0 Å². The summed E-state index contributed by atoms with van der Waals surface area (Å²) < 4.78 is 62.5. The lowest BCUT2D eigenvalue weighted by atomic mass is 10.0. The molecule has 2 aromatic carbocycles. The van der Waals surface area contributed by atoms with Crippen LogP contribution < -0.4 is 4.90 Å². The number of Topliss-reactive ketones (excluding diaryl/α,β-unsaturated/α-hetero) is 1. The Labute approximate surface area is 187 Å². The summed E-state index contributed by atoms with van der Waals surface area (Å²) in [6, 6.07) is 8.07. The Morgan fingerprint density at radius 1 is 0.909 bits per heavy atom. The normalized spacial score (nSPS) is 11.3. The first-order valence-corrected chi connectivity index (χ1v) is 9.83. The van der Waals surface area contributed by atoms with E-state index in [2.05, 4.69) is 4.98 Å². The lowest BCUT2D eigenvalue weighted by Gasteiger charge is -2.27. The number of ether oxygens (including phenoxy) is 1. The Hall–Kier alpha value is -3.75. The van der Waals surface area contributed by atoms with E-state index in [0.717, 1.165) is 30.3 Å². The van der Waals surface area contributed by atoms with Crippen LogP contribution >= 0.6 is 0 Å². The summed E-state index contributed by atoms with van der Waals surface area (Å²) in [6.45, 7) is 5.90. The summed E-state index contributed by atoms with van der Waals surface area (Å²) in [4.78, 5) is 29.9. The van der Waals surface area contributed by atoms with E-state index in [-0.39, 0.29) is 22.6 Å². The van der Waals surface area contributed by atoms with Gasteiger partial charge in [0.1, 0.15) is 40.4 Å². The molecule has 5 nitrogen and oxygen atoms in total. The zero-order valence-corrected chi connectivity index (χ0v) is 18.2. The fourth-order valence-corrected chi connectivity index (χ4v) is 3.05. The summed E-state index contributed by atoms with van der Waals surface area (Å²) >= 11 is 0. The van der Waals surface area contributed by atoms with Crippen molar-refractivity contribution in [1.82, 2.24) is 4.98 Å². The van der Waals surface area contributed by atoms with Crippen LogP contribution in [0.25, 0.3) is 11.3 Å². The van der Waals surface area contributed by atoms with Crippen molar-refractivity contribution < 1.29 is 31.9 Å². The maximum atomic E-state index is 14.6. The summed E-state index contributed by atoms with van der Waals surface area (Å²) in [6.07, 6.45) is -1.15. The largest absolute Gasteiger partial charge is 0.443 e. The number of halogens is 4. The van der Waals surface area contributed by atoms with Crippen LogP contribution in [0, 0.1) is 23.3 Å². The first-order valence-electron chi connectivity index (χ1n) is 9.83. The molecule has 3 rings (SSSR count). The molecule has 172 valence electrons. The highest BCUT2D eigenvalue weighted by atomic mass is 19.1. The van der Waals surface area contributed by atoms with Crippen molar-refractivity contribution in [1.29, 1.82) is 0 Å². The van der Waals surface area contributed by atoms with Gasteiger partial charge >= 0.3 is 6.09 Å². The molecule has 0 aliphatic rings. The van der Waals surface area contributed by atoms with Crippen LogP contribution in [0.15, 0.2) is 48.5 Å². The fourth-order valence-electron chi connectivity index (χ4n) is 3.05. The second-order valence-electron chi connectivity index (χ2n) is 8.13. The van der Waals surface area contributed by atoms with Gasteiger partial charge in [0.25, 0.3) is 0 Å².